The summed E-state index contributed by atoms with van der Waals surface area (Å²) >= 11 is 3.44. The van der Waals surface area contributed by atoms with Crippen molar-refractivity contribution in [2.45, 2.75) is 59.5 Å². The second-order valence-electron chi connectivity index (χ2n) is 4.90. The van der Waals surface area contributed by atoms with Gasteiger partial charge in [0.05, 0.1) is 17.5 Å². The molecule has 0 bridgehead atoms. The van der Waals surface area contributed by atoms with E-state index in [1.165, 1.54) is 11.1 Å². The van der Waals surface area contributed by atoms with Crippen LogP contribution in [0.3, 0.4) is 0 Å². The fraction of sp³-hybridized carbons (Fsp3) is 0.846. The van der Waals surface area contributed by atoms with E-state index < -0.39 is 0 Å². The molecule has 2 nitrogen and oxygen atoms in total. The van der Waals surface area contributed by atoms with E-state index in [0.717, 1.165) is 11.8 Å². The van der Waals surface area contributed by atoms with Gasteiger partial charge in [0, 0.05) is 0 Å². The monoisotopic (exact) mass is 290 g/mol. The zero-order valence-electron chi connectivity index (χ0n) is 10.9. The molecule has 0 fully saturated rings. The molecule has 16 heavy (non-hydrogen) atoms. The Labute approximate surface area is 108 Å². The number of rotatable bonds is 5. The summed E-state index contributed by atoms with van der Waals surface area (Å²) in [4.78, 5) is 0. The van der Waals surface area contributed by atoms with Gasteiger partial charge in [-0.25, -0.2) is 0 Å². The van der Waals surface area contributed by atoms with Gasteiger partial charge in [-0.05, 0) is 45.6 Å². The molecule has 0 aliphatic heterocycles. The minimum atomic E-state index is -0.141. The molecule has 1 aliphatic rings. The standard InChI is InChI=1S/C13H23BrO2/c1-8(2)15-13(7-14)16-12-6-9(3)10(4)11(12)5/h8-9,12-13H,6-7H2,1-5H3. The summed E-state index contributed by atoms with van der Waals surface area (Å²) in [6.07, 6.45) is 1.38. The van der Waals surface area contributed by atoms with Crippen molar-refractivity contribution in [1.29, 1.82) is 0 Å². The van der Waals surface area contributed by atoms with Crippen LogP contribution < -0.4 is 0 Å². The molecule has 0 heterocycles. The van der Waals surface area contributed by atoms with E-state index >= 15 is 0 Å². The zero-order valence-corrected chi connectivity index (χ0v) is 12.5. The van der Waals surface area contributed by atoms with Gasteiger partial charge in [0.15, 0.2) is 6.29 Å². The number of alkyl halides is 1. The first-order valence-corrected chi connectivity index (χ1v) is 7.12. The first-order chi connectivity index (χ1) is 7.45. The number of allylic oxidation sites excluding steroid dienone is 1. The third kappa shape index (κ3) is 3.57. The summed E-state index contributed by atoms with van der Waals surface area (Å²) in [5.41, 5.74) is 2.86. The van der Waals surface area contributed by atoms with Gasteiger partial charge >= 0.3 is 0 Å². The van der Waals surface area contributed by atoms with E-state index in [4.69, 9.17) is 9.47 Å². The van der Waals surface area contributed by atoms with Gasteiger partial charge in [0.25, 0.3) is 0 Å². The Morgan fingerprint density at radius 3 is 2.31 bits per heavy atom. The highest BCUT2D eigenvalue weighted by atomic mass is 79.9. The quantitative estimate of drug-likeness (QED) is 0.434. The van der Waals surface area contributed by atoms with E-state index in [-0.39, 0.29) is 18.5 Å². The molecule has 0 aromatic rings. The maximum absolute atomic E-state index is 6.00. The number of halogens is 1. The number of hydrogen-bond donors (Lipinski definition) is 0. The Hall–Kier alpha value is 0.140. The third-order valence-electron chi connectivity index (χ3n) is 3.28. The highest BCUT2D eigenvalue weighted by Crippen LogP contribution is 2.34. The largest absolute Gasteiger partial charge is 0.349 e. The number of hydrogen-bond acceptors (Lipinski definition) is 2. The molecule has 3 unspecified atom stereocenters. The molecule has 0 N–H and O–H groups in total. The van der Waals surface area contributed by atoms with Crippen LogP contribution in [0, 0.1) is 5.92 Å². The van der Waals surface area contributed by atoms with Crippen LogP contribution in [0.1, 0.15) is 41.0 Å². The van der Waals surface area contributed by atoms with Gasteiger partial charge < -0.3 is 9.47 Å². The third-order valence-corrected chi connectivity index (χ3v) is 3.81. The van der Waals surface area contributed by atoms with Crippen molar-refractivity contribution < 1.29 is 9.47 Å². The van der Waals surface area contributed by atoms with Crippen LogP contribution in [0.4, 0.5) is 0 Å². The Bertz CT molecular complexity index is 261. The van der Waals surface area contributed by atoms with Crippen LogP contribution in [0.2, 0.25) is 0 Å². The van der Waals surface area contributed by atoms with Gasteiger partial charge in [-0.3, -0.25) is 0 Å². The number of ether oxygens (including phenoxy) is 2. The average Bonchev–Trinajstić information content (AvgIpc) is 2.45. The molecule has 0 radical (unpaired) electrons. The summed E-state index contributed by atoms with van der Waals surface area (Å²) in [6, 6.07) is 0. The fourth-order valence-electron chi connectivity index (χ4n) is 2.07. The van der Waals surface area contributed by atoms with Crippen LogP contribution in [0.5, 0.6) is 0 Å². The lowest BCUT2D eigenvalue weighted by atomic mass is 10.1. The second-order valence-corrected chi connectivity index (χ2v) is 5.54. The molecule has 1 rings (SSSR count). The van der Waals surface area contributed by atoms with Crippen molar-refractivity contribution in [2.24, 2.45) is 5.92 Å². The van der Waals surface area contributed by atoms with Gasteiger partial charge in [0.2, 0.25) is 0 Å². The molecule has 0 aromatic carbocycles. The summed E-state index contributed by atoms with van der Waals surface area (Å²) in [5.74, 6) is 0.639. The van der Waals surface area contributed by atoms with Crippen LogP contribution in [0.15, 0.2) is 11.1 Å². The molecular formula is C13H23BrO2. The van der Waals surface area contributed by atoms with Crippen LogP contribution >= 0.6 is 15.9 Å². The minimum Gasteiger partial charge on any atom is -0.349 e. The van der Waals surface area contributed by atoms with Gasteiger partial charge in [-0.2, -0.15) is 0 Å². The predicted octanol–water partition coefficient (Wildman–Crippen LogP) is 3.89. The lowest BCUT2D eigenvalue weighted by molar-refractivity contribution is -0.166. The Kier molecular flexibility index (Phi) is 5.48. The molecule has 0 saturated heterocycles. The van der Waals surface area contributed by atoms with Crippen molar-refractivity contribution in [3.05, 3.63) is 11.1 Å². The topological polar surface area (TPSA) is 18.5 Å². The van der Waals surface area contributed by atoms with Crippen molar-refractivity contribution >= 4 is 15.9 Å². The van der Waals surface area contributed by atoms with Crippen LogP contribution in [0.25, 0.3) is 0 Å². The molecular weight excluding hydrogens is 268 g/mol. The Morgan fingerprint density at radius 2 is 1.94 bits per heavy atom. The van der Waals surface area contributed by atoms with Gasteiger partial charge in [0.1, 0.15) is 0 Å². The van der Waals surface area contributed by atoms with Crippen molar-refractivity contribution in [1.82, 2.24) is 0 Å². The maximum atomic E-state index is 6.00. The van der Waals surface area contributed by atoms with E-state index in [0.29, 0.717) is 5.92 Å². The Balaban J connectivity index is 2.54. The van der Waals surface area contributed by atoms with E-state index in [2.05, 4.69) is 36.7 Å². The fourth-order valence-corrected chi connectivity index (χ4v) is 2.37. The highest BCUT2D eigenvalue weighted by molar-refractivity contribution is 9.09. The summed E-state index contributed by atoms with van der Waals surface area (Å²) < 4.78 is 11.7. The molecule has 3 heteroatoms. The average molecular weight is 291 g/mol. The van der Waals surface area contributed by atoms with E-state index in [9.17, 15) is 0 Å². The van der Waals surface area contributed by atoms with Crippen molar-refractivity contribution in [3.63, 3.8) is 0 Å². The van der Waals surface area contributed by atoms with Gasteiger partial charge in [-0.15, -0.1) is 0 Å². The molecule has 0 spiro atoms. The van der Waals surface area contributed by atoms with Gasteiger partial charge in [-0.1, -0.05) is 28.4 Å². The minimum absolute atomic E-state index is 0.141. The SMILES string of the molecule is CC1=C(C)C(OC(CBr)OC(C)C)CC1C. The summed E-state index contributed by atoms with van der Waals surface area (Å²) in [5, 5.41) is 0.725. The van der Waals surface area contributed by atoms with Crippen LogP contribution in [-0.2, 0) is 9.47 Å². The molecule has 0 aromatic heterocycles. The molecule has 1 aliphatic carbocycles. The predicted molar refractivity (Wildman–Crippen MR) is 70.8 cm³/mol. The molecule has 3 atom stereocenters. The molecule has 0 saturated carbocycles. The van der Waals surface area contributed by atoms with E-state index in [1.807, 2.05) is 13.8 Å². The smallest absolute Gasteiger partial charge is 0.168 e. The lowest BCUT2D eigenvalue weighted by Crippen LogP contribution is -2.28. The molecule has 94 valence electrons. The lowest BCUT2D eigenvalue weighted by Gasteiger charge is -2.23. The van der Waals surface area contributed by atoms with E-state index in [1.54, 1.807) is 0 Å². The second kappa shape index (κ2) is 6.18. The zero-order chi connectivity index (χ0) is 12.3. The first-order valence-electron chi connectivity index (χ1n) is 5.99. The molecule has 0 amide bonds. The summed E-state index contributed by atoms with van der Waals surface area (Å²) in [7, 11) is 0. The Morgan fingerprint density at radius 1 is 1.31 bits per heavy atom. The maximum Gasteiger partial charge on any atom is 0.168 e. The normalized spacial score (nSPS) is 27.9. The first kappa shape index (κ1) is 14.2. The van der Waals surface area contributed by atoms with Crippen molar-refractivity contribution in [2.75, 3.05) is 5.33 Å². The van der Waals surface area contributed by atoms with Crippen molar-refractivity contribution in [3.8, 4) is 0 Å². The van der Waals surface area contributed by atoms with Crippen LogP contribution in [-0.4, -0.2) is 23.8 Å². The highest BCUT2D eigenvalue weighted by Gasteiger charge is 2.28. The summed E-state index contributed by atoms with van der Waals surface area (Å²) in [6.45, 7) is 10.7.